The smallest absolute Gasteiger partial charge is 0.0931 e. The predicted octanol–water partition coefficient (Wildman–Crippen LogP) is 6.01. The van der Waals surface area contributed by atoms with Gasteiger partial charge in [0.2, 0.25) is 0 Å². The van der Waals surface area contributed by atoms with Crippen molar-refractivity contribution in [2.24, 2.45) is 0 Å². The summed E-state index contributed by atoms with van der Waals surface area (Å²) in [4.78, 5) is 1.17. The number of benzene rings is 1. The number of thiophene rings is 1. The number of alkyl halides is 2. The van der Waals surface area contributed by atoms with E-state index >= 15 is 0 Å². The second-order valence-corrected chi connectivity index (χ2v) is 7.21. The Kier molecular flexibility index (Phi) is 5.45. The van der Waals surface area contributed by atoms with Crippen molar-refractivity contribution in [3.63, 3.8) is 0 Å². The van der Waals surface area contributed by atoms with E-state index in [9.17, 15) is 0 Å². The third-order valence-electron chi connectivity index (χ3n) is 3.09. The summed E-state index contributed by atoms with van der Waals surface area (Å²) >= 11 is 26.0. The van der Waals surface area contributed by atoms with Crippen LogP contribution in [0.2, 0.25) is 9.36 Å². The molecule has 1 aromatic carbocycles. The van der Waals surface area contributed by atoms with Crippen LogP contribution in [0.25, 0.3) is 0 Å². The molecular weight excluding hydrogens is 342 g/mol. The molecule has 102 valence electrons. The van der Waals surface area contributed by atoms with Crippen LogP contribution in [0.15, 0.2) is 36.4 Å². The van der Waals surface area contributed by atoms with Gasteiger partial charge < -0.3 is 0 Å². The average molecular weight is 354 g/mol. The third-order valence-corrected chi connectivity index (χ3v) is 5.58. The van der Waals surface area contributed by atoms with E-state index in [2.05, 4.69) is 0 Å². The largest absolute Gasteiger partial charge is 0.128 e. The molecule has 0 fully saturated rings. The van der Waals surface area contributed by atoms with Gasteiger partial charge in [0.1, 0.15) is 0 Å². The van der Waals surface area contributed by atoms with Gasteiger partial charge in [0.15, 0.2) is 0 Å². The summed E-state index contributed by atoms with van der Waals surface area (Å²) in [6.45, 7) is 0. The minimum Gasteiger partial charge on any atom is -0.128 e. The zero-order valence-electron chi connectivity index (χ0n) is 10.0. The third kappa shape index (κ3) is 3.59. The van der Waals surface area contributed by atoms with Gasteiger partial charge in [0.25, 0.3) is 0 Å². The Morgan fingerprint density at radius 2 is 1.74 bits per heavy atom. The molecule has 0 aliphatic heterocycles. The Bertz CT molecular complexity index is 546. The van der Waals surface area contributed by atoms with Gasteiger partial charge in [-0.3, -0.25) is 0 Å². The summed E-state index contributed by atoms with van der Waals surface area (Å²) in [6, 6.07) is 11.6. The Morgan fingerprint density at radius 1 is 1.00 bits per heavy atom. The average Bonchev–Trinajstić information content (AvgIpc) is 2.81. The van der Waals surface area contributed by atoms with Gasteiger partial charge in [-0.1, -0.05) is 35.3 Å². The molecule has 0 unspecified atom stereocenters. The quantitative estimate of drug-likeness (QED) is 0.577. The normalized spacial score (nSPS) is 11.8. The molecule has 0 amide bonds. The second kappa shape index (κ2) is 6.69. The highest BCUT2D eigenvalue weighted by Crippen LogP contribution is 2.35. The standard InChI is InChI=1S/C14H12Cl4S/c15-8-14(9-16,7-12-4-5-13(18)19-12)10-2-1-3-11(17)6-10/h1-6H,7-9H2. The minimum atomic E-state index is -0.317. The zero-order valence-corrected chi connectivity index (χ0v) is 13.8. The molecule has 19 heavy (non-hydrogen) atoms. The molecule has 0 spiro atoms. The van der Waals surface area contributed by atoms with Gasteiger partial charge in [0.05, 0.1) is 4.34 Å². The zero-order chi connectivity index (χ0) is 13.9. The van der Waals surface area contributed by atoms with Gasteiger partial charge in [-0.05, 0) is 36.2 Å². The Hall–Kier alpha value is 0.0800. The van der Waals surface area contributed by atoms with Crippen LogP contribution in [0.3, 0.4) is 0 Å². The fraction of sp³-hybridized carbons (Fsp3) is 0.286. The van der Waals surface area contributed by atoms with Crippen LogP contribution in [-0.2, 0) is 11.8 Å². The van der Waals surface area contributed by atoms with E-state index in [0.29, 0.717) is 16.8 Å². The highest BCUT2D eigenvalue weighted by atomic mass is 35.5. The van der Waals surface area contributed by atoms with E-state index in [-0.39, 0.29) is 5.41 Å². The van der Waals surface area contributed by atoms with Crippen LogP contribution < -0.4 is 0 Å². The molecule has 0 saturated heterocycles. The van der Waals surface area contributed by atoms with E-state index in [1.165, 1.54) is 4.88 Å². The Balaban J connectivity index is 2.37. The Morgan fingerprint density at radius 3 is 2.26 bits per heavy atom. The fourth-order valence-electron chi connectivity index (χ4n) is 1.99. The lowest BCUT2D eigenvalue weighted by atomic mass is 9.80. The van der Waals surface area contributed by atoms with Crippen molar-refractivity contribution in [2.75, 3.05) is 11.8 Å². The van der Waals surface area contributed by atoms with Crippen molar-refractivity contribution in [3.8, 4) is 0 Å². The first-order valence-corrected chi connectivity index (χ1v) is 8.36. The molecule has 0 nitrogen and oxygen atoms in total. The molecule has 0 atom stereocenters. The number of hydrogen-bond donors (Lipinski definition) is 0. The SMILES string of the molecule is ClCC(CCl)(Cc1ccc(Cl)s1)c1cccc(Cl)c1. The van der Waals surface area contributed by atoms with E-state index in [4.69, 9.17) is 46.4 Å². The van der Waals surface area contributed by atoms with Crippen molar-refractivity contribution in [1.29, 1.82) is 0 Å². The molecule has 0 bridgehead atoms. The molecule has 0 radical (unpaired) electrons. The van der Waals surface area contributed by atoms with Gasteiger partial charge in [-0.25, -0.2) is 0 Å². The Labute approximate surface area is 137 Å². The maximum Gasteiger partial charge on any atom is 0.0931 e. The molecule has 0 aliphatic carbocycles. The molecule has 5 heteroatoms. The van der Waals surface area contributed by atoms with Gasteiger partial charge in [-0.2, -0.15) is 0 Å². The molecule has 0 N–H and O–H groups in total. The monoisotopic (exact) mass is 352 g/mol. The molecule has 2 aromatic rings. The fourth-order valence-corrected chi connectivity index (χ4v) is 4.19. The van der Waals surface area contributed by atoms with E-state index in [1.807, 2.05) is 36.4 Å². The van der Waals surface area contributed by atoms with Crippen LogP contribution in [0.5, 0.6) is 0 Å². The maximum absolute atomic E-state index is 6.21. The van der Waals surface area contributed by atoms with Crippen molar-refractivity contribution >= 4 is 57.7 Å². The summed E-state index contributed by atoms with van der Waals surface area (Å²) in [6.07, 6.45) is 0.762. The summed E-state index contributed by atoms with van der Waals surface area (Å²) in [7, 11) is 0. The summed E-state index contributed by atoms with van der Waals surface area (Å²) < 4.78 is 0.777. The minimum absolute atomic E-state index is 0.317. The molecule has 1 heterocycles. The highest BCUT2D eigenvalue weighted by Gasteiger charge is 2.31. The summed E-state index contributed by atoms with van der Waals surface area (Å²) in [5, 5.41) is 0.696. The molecule has 2 rings (SSSR count). The first kappa shape index (κ1) is 15.5. The predicted molar refractivity (Wildman–Crippen MR) is 87.6 cm³/mol. The van der Waals surface area contributed by atoms with Crippen LogP contribution in [0, 0.1) is 0 Å². The molecule has 0 aliphatic rings. The lowest BCUT2D eigenvalue weighted by molar-refractivity contribution is 0.541. The second-order valence-electron chi connectivity index (χ2n) is 4.44. The van der Waals surface area contributed by atoms with Crippen molar-refractivity contribution in [3.05, 3.63) is 56.2 Å². The van der Waals surface area contributed by atoms with E-state index in [1.54, 1.807) is 11.3 Å². The first-order valence-electron chi connectivity index (χ1n) is 5.72. The topological polar surface area (TPSA) is 0 Å². The number of halogens is 4. The van der Waals surface area contributed by atoms with E-state index < -0.39 is 0 Å². The van der Waals surface area contributed by atoms with Crippen molar-refractivity contribution in [1.82, 2.24) is 0 Å². The summed E-state index contributed by atoms with van der Waals surface area (Å²) in [5.74, 6) is 0.874. The molecule has 0 saturated carbocycles. The van der Waals surface area contributed by atoms with Crippen molar-refractivity contribution in [2.45, 2.75) is 11.8 Å². The highest BCUT2D eigenvalue weighted by molar-refractivity contribution is 7.16. The van der Waals surface area contributed by atoms with Crippen LogP contribution in [0.4, 0.5) is 0 Å². The first-order chi connectivity index (χ1) is 9.09. The van der Waals surface area contributed by atoms with Crippen molar-refractivity contribution < 1.29 is 0 Å². The van der Waals surface area contributed by atoms with E-state index in [0.717, 1.165) is 16.3 Å². The molecule has 1 aromatic heterocycles. The van der Waals surface area contributed by atoms with Crippen LogP contribution in [0.1, 0.15) is 10.4 Å². The lowest BCUT2D eigenvalue weighted by Gasteiger charge is -2.30. The van der Waals surface area contributed by atoms with Crippen LogP contribution >= 0.6 is 57.7 Å². The summed E-state index contributed by atoms with van der Waals surface area (Å²) in [5.41, 5.74) is 0.747. The lowest BCUT2D eigenvalue weighted by Crippen LogP contribution is -2.33. The number of hydrogen-bond acceptors (Lipinski definition) is 1. The van der Waals surface area contributed by atoms with Crippen LogP contribution in [-0.4, -0.2) is 11.8 Å². The number of rotatable bonds is 5. The van der Waals surface area contributed by atoms with Gasteiger partial charge >= 0.3 is 0 Å². The molecular formula is C14H12Cl4S. The van der Waals surface area contributed by atoms with Gasteiger partial charge in [0, 0.05) is 27.1 Å². The van der Waals surface area contributed by atoms with Gasteiger partial charge in [-0.15, -0.1) is 34.5 Å². The maximum atomic E-state index is 6.21.